The Morgan fingerprint density at radius 2 is 2.24 bits per heavy atom. The van der Waals surface area contributed by atoms with Crippen molar-refractivity contribution in [3.63, 3.8) is 0 Å². The predicted octanol–water partition coefficient (Wildman–Crippen LogP) is 2.39. The van der Waals surface area contributed by atoms with Crippen molar-refractivity contribution >= 4 is 11.6 Å². The lowest BCUT2D eigenvalue weighted by Crippen LogP contribution is -2.29. The predicted molar refractivity (Wildman–Crippen MR) is 70.9 cm³/mol. The molecule has 0 aliphatic rings. The molecule has 0 aromatic heterocycles. The second-order valence-corrected chi connectivity index (χ2v) is 4.46. The maximum atomic E-state index is 9.33. The average molecular weight is 258 g/mol. The van der Waals surface area contributed by atoms with Gasteiger partial charge in [0.2, 0.25) is 0 Å². The smallest absolute Gasteiger partial charge is 0.122 e. The van der Waals surface area contributed by atoms with E-state index in [-0.39, 0.29) is 6.10 Å². The van der Waals surface area contributed by atoms with E-state index in [4.69, 9.17) is 16.3 Å². The molecule has 1 rings (SSSR count). The molecule has 2 N–H and O–H groups in total. The number of hydrogen-bond donors (Lipinski definition) is 2. The molecule has 0 saturated carbocycles. The van der Waals surface area contributed by atoms with Gasteiger partial charge in [-0.3, -0.25) is 0 Å². The first-order chi connectivity index (χ1) is 8.13. The summed E-state index contributed by atoms with van der Waals surface area (Å²) in [4.78, 5) is 0. The standard InChI is InChI=1S/C13H20ClNO2/c1-3-12(16)9-15-6-7-17-13-5-4-11(14)8-10(13)2/h4-5,8,12,15-16H,3,6-7,9H2,1-2H3/t12-/m0/s1. The van der Waals surface area contributed by atoms with Gasteiger partial charge in [-0.2, -0.15) is 0 Å². The Hall–Kier alpha value is -0.770. The second kappa shape index (κ2) is 7.54. The highest BCUT2D eigenvalue weighted by Crippen LogP contribution is 2.21. The van der Waals surface area contributed by atoms with Crippen LogP contribution in [0.25, 0.3) is 0 Å². The van der Waals surface area contributed by atoms with Gasteiger partial charge in [0, 0.05) is 18.1 Å². The fraction of sp³-hybridized carbons (Fsp3) is 0.538. The van der Waals surface area contributed by atoms with E-state index in [0.717, 1.165) is 29.3 Å². The van der Waals surface area contributed by atoms with Gasteiger partial charge in [0.15, 0.2) is 0 Å². The summed E-state index contributed by atoms with van der Waals surface area (Å²) >= 11 is 5.86. The first-order valence-electron chi connectivity index (χ1n) is 5.91. The minimum Gasteiger partial charge on any atom is -0.492 e. The molecule has 0 amide bonds. The van der Waals surface area contributed by atoms with Crippen LogP contribution in [0.3, 0.4) is 0 Å². The van der Waals surface area contributed by atoms with E-state index in [1.165, 1.54) is 0 Å². The zero-order valence-corrected chi connectivity index (χ0v) is 11.1. The van der Waals surface area contributed by atoms with Crippen molar-refractivity contribution in [2.24, 2.45) is 0 Å². The summed E-state index contributed by atoms with van der Waals surface area (Å²) in [6.07, 6.45) is 0.497. The normalized spacial score (nSPS) is 12.5. The molecular weight excluding hydrogens is 238 g/mol. The van der Waals surface area contributed by atoms with Crippen LogP contribution < -0.4 is 10.1 Å². The van der Waals surface area contributed by atoms with Crippen molar-refractivity contribution in [2.75, 3.05) is 19.7 Å². The number of aliphatic hydroxyl groups is 1. The van der Waals surface area contributed by atoms with Gasteiger partial charge >= 0.3 is 0 Å². The summed E-state index contributed by atoms with van der Waals surface area (Å²) in [5, 5.41) is 13.2. The van der Waals surface area contributed by atoms with E-state index in [1.54, 1.807) is 0 Å². The molecule has 17 heavy (non-hydrogen) atoms. The number of nitrogens with one attached hydrogen (secondary N) is 1. The Morgan fingerprint density at radius 3 is 2.88 bits per heavy atom. The van der Waals surface area contributed by atoms with Crippen LogP contribution >= 0.6 is 11.6 Å². The number of rotatable bonds is 7. The van der Waals surface area contributed by atoms with Crippen molar-refractivity contribution in [2.45, 2.75) is 26.4 Å². The lowest BCUT2D eigenvalue weighted by molar-refractivity contribution is 0.165. The lowest BCUT2D eigenvalue weighted by atomic mass is 10.2. The Morgan fingerprint density at radius 1 is 1.47 bits per heavy atom. The molecule has 4 heteroatoms. The third-order valence-corrected chi connectivity index (χ3v) is 2.76. The maximum Gasteiger partial charge on any atom is 0.122 e. The summed E-state index contributed by atoms with van der Waals surface area (Å²) in [6, 6.07) is 5.57. The molecule has 1 aromatic rings. The summed E-state index contributed by atoms with van der Waals surface area (Å²) in [6.45, 7) is 5.84. The van der Waals surface area contributed by atoms with Crippen molar-refractivity contribution in [1.29, 1.82) is 0 Å². The molecule has 0 saturated heterocycles. The van der Waals surface area contributed by atoms with Gasteiger partial charge in [0.05, 0.1) is 6.10 Å². The zero-order valence-electron chi connectivity index (χ0n) is 10.4. The van der Waals surface area contributed by atoms with Crippen LogP contribution in [-0.2, 0) is 0 Å². The summed E-state index contributed by atoms with van der Waals surface area (Å²) in [7, 11) is 0. The highest BCUT2D eigenvalue weighted by Gasteiger charge is 2.01. The van der Waals surface area contributed by atoms with Crippen LogP contribution in [0.2, 0.25) is 5.02 Å². The van der Waals surface area contributed by atoms with Crippen molar-refractivity contribution < 1.29 is 9.84 Å². The molecular formula is C13H20ClNO2. The monoisotopic (exact) mass is 257 g/mol. The number of aliphatic hydroxyl groups excluding tert-OH is 1. The van der Waals surface area contributed by atoms with Gasteiger partial charge in [0.1, 0.15) is 12.4 Å². The molecule has 1 atom stereocenters. The van der Waals surface area contributed by atoms with E-state index >= 15 is 0 Å². The second-order valence-electron chi connectivity index (χ2n) is 4.02. The first kappa shape index (κ1) is 14.3. The van der Waals surface area contributed by atoms with Gasteiger partial charge in [-0.1, -0.05) is 18.5 Å². The first-order valence-corrected chi connectivity index (χ1v) is 6.29. The number of benzene rings is 1. The number of halogens is 1. The average Bonchev–Trinajstić information content (AvgIpc) is 2.30. The van der Waals surface area contributed by atoms with E-state index in [0.29, 0.717) is 13.2 Å². The Balaban J connectivity index is 2.22. The highest BCUT2D eigenvalue weighted by atomic mass is 35.5. The minimum absolute atomic E-state index is 0.271. The summed E-state index contributed by atoms with van der Waals surface area (Å²) in [5.74, 6) is 0.854. The zero-order chi connectivity index (χ0) is 12.7. The fourth-order valence-corrected chi connectivity index (χ4v) is 1.65. The van der Waals surface area contributed by atoms with Crippen LogP contribution in [0.15, 0.2) is 18.2 Å². The Labute approximate surface area is 108 Å². The molecule has 0 heterocycles. The summed E-state index contributed by atoms with van der Waals surface area (Å²) < 4.78 is 5.60. The minimum atomic E-state index is -0.271. The largest absolute Gasteiger partial charge is 0.492 e. The number of hydrogen-bond acceptors (Lipinski definition) is 3. The van der Waals surface area contributed by atoms with Crippen LogP contribution in [0.1, 0.15) is 18.9 Å². The molecule has 0 aliphatic carbocycles. The van der Waals surface area contributed by atoms with Crippen LogP contribution in [0, 0.1) is 6.92 Å². The van der Waals surface area contributed by atoms with Crippen molar-refractivity contribution in [3.8, 4) is 5.75 Å². The Bertz CT molecular complexity index is 344. The molecule has 0 fully saturated rings. The van der Waals surface area contributed by atoms with Crippen LogP contribution in [-0.4, -0.2) is 30.9 Å². The van der Waals surface area contributed by atoms with Gasteiger partial charge in [-0.25, -0.2) is 0 Å². The van der Waals surface area contributed by atoms with E-state index in [2.05, 4.69) is 5.32 Å². The third kappa shape index (κ3) is 5.39. The quantitative estimate of drug-likeness (QED) is 0.737. The van der Waals surface area contributed by atoms with Crippen molar-refractivity contribution in [1.82, 2.24) is 5.32 Å². The lowest BCUT2D eigenvalue weighted by Gasteiger charge is -2.11. The molecule has 0 spiro atoms. The third-order valence-electron chi connectivity index (χ3n) is 2.52. The molecule has 0 aliphatic heterocycles. The maximum absolute atomic E-state index is 9.33. The van der Waals surface area contributed by atoms with Crippen LogP contribution in [0.4, 0.5) is 0 Å². The molecule has 0 unspecified atom stereocenters. The fourth-order valence-electron chi connectivity index (χ4n) is 1.42. The topological polar surface area (TPSA) is 41.5 Å². The number of ether oxygens (including phenoxy) is 1. The molecule has 1 aromatic carbocycles. The van der Waals surface area contributed by atoms with Crippen molar-refractivity contribution in [3.05, 3.63) is 28.8 Å². The molecule has 0 radical (unpaired) electrons. The Kier molecular flexibility index (Phi) is 6.34. The van der Waals surface area contributed by atoms with E-state index < -0.39 is 0 Å². The van der Waals surface area contributed by atoms with Gasteiger partial charge in [-0.15, -0.1) is 0 Å². The molecule has 0 bridgehead atoms. The number of aryl methyl sites for hydroxylation is 1. The van der Waals surface area contributed by atoms with E-state index in [9.17, 15) is 5.11 Å². The van der Waals surface area contributed by atoms with Gasteiger partial charge in [-0.05, 0) is 37.1 Å². The van der Waals surface area contributed by atoms with Gasteiger partial charge < -0.3 is 15.2 Å². The molecule has 96 valence electrons. The highest BCUT2D eigenvalue weighted by molar-refractivity contribution is 6.30. The van der Waals surface area contributed by atoms with Crippen LogP contribution in [0.5, 0.6) is 5.75 Å². The van der Waals surface area contributed by atoms with E-state index in [1.807, 2.05) is 32.0 Å². The summed E-state index contributed by atoms with van der Waals surface area (Å²) in [5.41, 5.74) is 1.03. The SMILES string of the molecule is CC[C@H](O)CNCCOc1ccc(Cl)cc1C. The van der Waals surface area contributed by atoms with Gasteiger partial charge in [0.25, 0.3) is 0 Å². The molecule has 3 nitrogen and oxygen atoms in total.